The van der Waals surface area contributed by atoms with Crippen LogP contribution in [-0.4, -0.2) is 62.7 Å². The van der Waals surface area contributed by atoms with Crippen LogP contribution in [0.15, 0.2) is 77.8 Å². The first-order valence-electron chi connectivity index (χ1n) is 13.6. The maximum atomic E-state index is 14.0. The number of benzene rings is 3. The number of hydrogen-bond donors (Lipinski definition) is 0. The van der Waals surface area contributed by atoms with Crippen LogP contribution in [0, 0.1) is 5.82 Å². The molecule has 2 aliphatic heterocycles. The SMILES string of the molecule is CCN1C(=O)/C(=C\c2cn(CCOc3ccccc3F)c3ccccc23)c2cc(S(=O)(=O)N3CCOCC3)ccc21. The number of anilines is 1. The molecule has 3 aromatic carbocycles. The molecule has 0 aliphatic carbocycles. The van der Waals surface area contributed by atoms with Crippen LogP contribution in [-0.2, 0) is 26.1 Å². The van der Waals surface area contributed by atoms with Crippen LogP contribution in [0.5, 0.6) is 5.75 Å². The van der Waals surface area contributed by atoms with Crippen molar-refractivity contribution in [2.75, 3.05) is 44.4 Å². The molecule has 1 amide bonds. The van der Waals surface area contributed by atoms with Crippen molar-refractivity contribution in [3.63, 3.8) is 0 Å². The Bertz CT molecular complexity index is 1760. The number of nitrogens with zero attached hydrogens (tertiary/aromatic N) is 3. The van der Waals surface area contributed by atoms with Gasteiger partial charge in [0.1, 0.15) is 6.61 Å². The van der Waals surface area contributed by atoms with Gasteiger partial charge in [-0.2, -0.15) is 4.31 Å². The van der Waals surface area contributed by atoms with Crippen molar-refractivity contribution in [2.45, 2.75) is 18.4 Å². The predicted octanol–water partition coefficient (Wildman–Crippen LogP) is 4.79. The van der Waals surface area contributed by atoms with Crippen LogP contribution < -0.4 is 9.64 Å². The van der Waals surface area contributed by atoms with Crippen molar-refractivity contribution in [1.29, 1.82) is 0 Å². The van der Waals surface area contributed by atoms with Gasteiger partial charge in [0.2, 0.25) is 10.0 Å². The summed E-state index contributed by atoms with van der Waals surface area (Å²) >= 11 is 0. The van der Waals surface area contributed by atoms with E-state index in [1.807, 2.05) is 48.0 Å². The van der Waals surface area contributed by atoms with Gasteiger partial charge in [-0.15, -0.1) is 0 Å². The van der Waals surface area contributed by atoms with E-state index in [0.717, 1.165) is 16.5 Å². The van der Waals surface area contributed by atoms with Gasteiger partial charge in [0.05, 0.1) is 30.3 Å². The second-order valence-corrected chi connectivity index (χ2v) is 11.8. The van der Waals surface area contributed by atoms with Gasteiger partial charge < -0.3 is 18.9 Å². The fourth-order valence-electron chi connectivity index (χ4n) is 5.43. The fraction of sp³-hybridized carbons (Fsp3) is 0.258. The number of fused-ring (bicyclic) bond motifs is 2. The number of carbonyl (C=O) groups excluding carboxylic acids is 1. The molecule has 3 heterocycles. The number of amides is 1. The van der Waals surface area contributed by atoms with Crippen molar-refractivity contribution < 1.29 is 27.1 Å². The third-order valence-electron chi connectivity index (χ3n) is 7.49. The molecule has 0 unspecified atom stereocenters. The third kappa shape index (κ3) is 5.03. The molecule has 4 aromatic rings. The summed E-state index contributed by atoms with van der Waals surface area (Å²) in [6.45, 7) is 4.36. The number of hydrogen-bond acceptors (Lipinski definition) is 5. The quantitative estimate of drug-likeness (QED) is 0.283. The van der Waals surface area contributed by atoms with Crippen LogP contribution in [0.2, 0.25) is 0 Å². The lowest BCUT2D eigenvalue weighted by molar-refractivity contribution is -0.112. The molecule has 0 bridgehead atoms. The number of para-hydroxylation sites is 2. The van der Waals surface area contributed by atoms with E-state index in [4.69, 9.17) is 9.47 Å². The maximum Gasteiger partial charge on any atom is 0.258 e. The van der Waals surface area contributed by atoms with Gasteiger partial charge in [0, 0.05) is 53.4 Å². The highest BCUT2D eigenvalue weighted by molar-refractivity contribution is 7.89. The van der Waals surface area contributed by atoms with Gasteiger partial charge in [0.25, 0.3) is 5.91 Å². The number of halogens is 1. The normalized spacial score (nSPS) is 17.0. The monoisotopic (exact) mass is 575 g/mol. The Morgan fingerprint density at radius 2 is 1.78 bits per heavy atom. The highest BCUT2D eigenvalue weighted by Crippen LogP contribution is 2.40. The van der Waals surface area contributed by atoms with E-state index in [2.05, 4.69) is 0 Å². The molecule has 0 spiro atoms. The van der Waals surface area contributed by atoms with Gasteiger partial charge in [0.15, 0.2) is 11.6 Å². The molecular formula is C31H30FN3O5S. The zero-order valence-corrected chi connectivity index (χ0v) is 23.4. The van der Waals surface area contributed by atoms with Gasteiger partial charge in [-0.1, -0.05) is 30.3 Å². The second-order valence-electron chi connectivity index (χ2n) is 9.88. The first-order valence-corrected chi connectivity index (χ1v) is 15.0. The molecule has 0 radical (unpaired) electrons. The topological polar surface area (TPSA) is 81.1 Å². The Morgan fingerprint density at radius 1 is 1.02 bits per heavy atom. The Morgan fingerprint density at radius 3 is 2.56 bits per heavy atom. The largest absolute Gasteiger partial charge is 0.489 e. The van der Waals surface area contributed by atoms with Crippen LogP contribution in [0.3, 0.4) is 0 Å². The van der Waals surface area contributed by atoms with Gasteiger partial charge in [-0.05, 0) is 49.4 Å². The van der Waals surface area contributed by atoms with Gasteiger partial charge >= 0.3 is 0 Å². The first kappa shape index (κ1) is 27.2. The zero-order valence-electron chi connectivity index (χ0n) is 22.6. The number of ether oxygens (including phenoxy) is 2. The minimum absolute atomic E-state index is 0.155. The lowest BCUT2D eigenvalue weighted by Crippen LogP contribution is -2.40. The zero-order chi connectivity index (χ0) is 28.6. The minimum atomic E-state index is -3.74. The van der Waals surface area contributed by atoms with E-state index >= 15 is 0 Å². The smallest absolute Gasteiger partial charge is 0.258 e. The van der Waals surface area contributed by atoms with E-state index in [0.29, 0.717) is 56.2 Å². The van der Waals surface area contributed by atoms with Crippen molar-refractivity contribution >= 4 is 44.2 Å². The number of aromatic nitrogens is 1. The maximum absolute atomic E-state index is 14.0. The molecule has 0 saturated carbocycles. The lowest BCUT2D eigenvalue weighted by Gasteiger charge is -2.26. The number of likely N-dealkylation sites (N-methyl/N-ethyl adjacent to an activating group) is 1. The van der Waals surface area contributed by atoms with Crippen molar-refractivity contribution in [2.24, 2.45) is 0 Å². The summed E-state index contributed by atoms with van der Waals surface area (Å²) in [6, 6.07) is 19.0. The molecule has 41 heavy (non-hydrogen) atoms. The summed E-state index contributed by atoms with van der Waals surface area (Å²) in [5.74, 6) is -0.394. The number of morpholine rings is 1. The summed E-state index contributed by atoms with van der Waals surface area (Å²) in [7, 11) is -3.74. The van der Waals surface area contributed by atoms with Crippen LogP contribution >= 0.6 is 0 Å². The minimum Gasteiger partial charge on any atom is -0.489 e. The Balaban J connectivity index is 1.36. The number of carbonyl (C=O) groups is 1. The highest BCUT2D eigenvalue weighted by Gasteiger charge is 2.34. The van der Waals surface area contributed by atoms with E-state index in [-0.39, 0.29) is 23.2 Å². The van der Waals surface area contributed by atoms with E-state index < -0.39 is 15.8 Å². The van der Waals surface area contributed by atoms with Gasteiger partial charge in [-0.25, -0.2) is 12.8 Å². The summed E-state index contributed by atoms with van der Waals surface area (Å²) < 4.78 is 55.2. The van der Waals surface area contributed by atoms with E-state index in [1.165, 1.54) is 10.4 Å². The second kappa shape index (κ2) is 11.1. The van der Waals surface area contributed by atoms with Crippen LogP contribution in [0.4, 0.5) is 10.1 Å². The molecule has 2 aliphatic rings. The van der Waals surface area contributed by atoms with Crippen LogP contribution in [0.1, 0.15) is 18.1 Å². The lowest BCUT2D eigenvalue weighted by atomic mass is 10.0. The molecule has 6 rings (SSSR count). The predicted molar refractivity (Wildman–Crippen MR) is 156 cm³/mol. The molecule has 8 nitrogen and oxygen atoms in total. The van der Waals surface area contributed by atoms with E-state index in [9.17, 15) is 17.6 Å². The Hall–Kier alpha value is -3.99. The standard InChI is InChI=1S/C31H30FN3O5S/c1-2-35-29-12-11-23(41(37,38)34-14-16-39-17-15-34)20-25(29)26(31(35)36)19-22-21-33(28-9-5-3-7-24(22)28)13-18-40-30-10-6-4-8-27(30)32/h3-12,19-21H,2,13-18H2,1H3/b26-19-. The third-order valence-corrected chi connectivity index (χ3v) is 9.39. The summed E-state index contributed by atoms with van der Waals surface area (Å²) in [6.07, 6.45) is 3.77. The molecule has 0 N–H and O–H groups in total. The molecule has 0 atom stereocenters. The van der Waals surface area contributed by atoms with Crippen LogP contribution in [0.25, 0.3) is 22.6 Å². The average molecular weight is 576 g/mol. The van der Waals surface area contributed by atoms with E-state index in [1.54, 1.807) is 41.3 Å². The number of rotatable bonds is 8. The number of sulfonamides is 1. The molecule has 10 heteroatoms. The average Bonchev–Trinajstić information content (AvgIpc) is 3.48. The van der Waals surface area contributed by atoms with Crippen molar-refractivity contribution in [3.8, 4) is 5.75 Å². The van der Waals surface area contributed by atoms with Gasteiger partial charge in [-0.3, -0.25) is 4.79 Å². The molecular weight excluding hydrogens is 545 g/mol. The van der Waals surface area contributed by atoms with Crippen molar-refractivity contribution in [3.05, 3.63) is 89.9 Å². The Labute approximate surface area is 238 Å². The van der Waals surface area contributed by atoms with Crippen molar-refractivity contribution in [1.82, 2.24) is 8.87 Å². The molecule has 1 saturated heterocycles. The summed E-state index contributed by atoms with van der Waals surface area (Å²) in [5, 5.41) is 0.937. The first-order chi connectivity index (χ1) is 19.9. The summed E-state index contributed by atoms with van der Waals surface area (Å²) in [4.78, 5) is 15.4. The molecule has 1 aromatic heterocycles. The Kier molecular flexibility index (Phi) is 7.37. The fourth-order valence-corrected chi connectivity index (χ4v) is 6.87. The summed E-state index contributed by atoms with van der Waals surface area (Å²) in [5.41, 5.74) is 3.47. The molecule has 212 valence electrons. The highest BCUT2D eigenvalue weighted by atomic mass is 32.2. The molecule has 1 fully saturated rings.